The Kier molecular flexibility index (Phi) is 7.47. The van der Waals surface area contributed by atoms with Crippen molar-refractivity contribution in [3.8, 4) is 11.1 Å². The number of carbonyl (C=O) groups excluding carboxylic acids is 2. The lowest BCUT2D eigenvalue weighted by Crippen LogP contribution is -2.50. The molecule has 1 fully saturated rings. The zero-order valence-corrected chi connectivity index (χ0v) is 19.2. The molecule has 0 aromatic heterocycles. The van der Waals surface area contributed by atoms with Gasteiger partial charge in [0.15, 0.2) is 6.10 Å². The Balaban J connectivity index is 1.35. The van der Waals surface area contributed by atoms with Gasteiger partial charge in [-0.15, -0.1) is 0 Å². The van der Waals surface area contributed by atoms with Gasteiger partial charge in [-0.05, 0) is 28.7 Å². The number of ether oxygens (including phenoxy) is 2. The van der Waals surface area contributed by atoms with Crippen molar-refractivity contribution in [1.82, 2.24) is 10.2 Å². The molecule has 0 radical (unpaired) electrons. The van der Waals surface area contributed by atoms with E-state index < -0.39 is 18.2 Å². The lowest BCUT2D eigenvalue weighted by molar-refractivity contribution is -0.159. The first-order chi connectivity index (χ1) is 16.5. The van der Waals surface area contributed by atoms with E-state index in [0.29, 0.717) is 13.0 Å². The second kappa shape index (κ2) is 10.7. The van der Waals surface area contributed by atoms with Crippen molar-refractivity contribution in [2.75, 3.05) is 26.3 Å². The highest BCUT2D eigenvalue weighted by atomic mass is 16.5. The van der Waals surface area contributed by atoms with Gasteiger partial charge in [-0.3, -0.25) is 4.79 Å². The highest BCUT2D eigenvalue weighted by Gasteiger charge is 2.31. The van der Waals surface area contributed by atoms with Crippen LogP contribution < -0.4 is 5.32 Å². The minimum atomic E-state index is -1.08. The summed E-state index contributed by atoms with van der Waals surface area (Å²) in [5.74, 6) is -1.32. The van der Waals surface area contributed by atoms with E-state index >= 15 is 0 Å². The molecule has 1 saturated heterocycles. The molecule has 2 atom stereocenters. The van der Waals surface area contributed by atoms with Crippen molar-refractivity contribution in [2.24, 2.45) is 0 Å². The molecular formula is C26H30N2O6. The van der Waals surface area contributed by atoms with Crippen molar-refractivity contribution in [3.63, 3.8) is 0 Å². The van der Waals surface area contributed by atoms with E-state index in [1.807, 2.05) is 31.2 Å². The lowest BCUT2D eigenvalue weighted by Gasteiger charge is -2.32. The number of rotatable bonds is 8. The zero-order chi connectivity index (χ0) is 24.1. The average molecular weight is 467 g/mol. The monoisotopic (exact) mass is 466 g/mol. The number of amides is 2. The van der Waals surface area contributed by atoms with E-state index in [1.54, 1.807) is 0 Å². The summed E-state index contributed by atoms with van der Waals surface area (Å²) < 4.78 is 10.8. The van der Waals surface area contributed by atoms with Gasteiger partial charge in [0, 0.05) is 24.9 Å². The summed E-state index contributed by atoms with van der Waals surface area (Å²) in [7, 11) is 0. The van der Waals surface area contributed by atoms with Crippen LogP contribution in [0.3, 0.4) is 0 Å². The maximum absolute atomic E-state index is 12.8. The Bertz CT molecular complexity index is 1010. The molecule has 4 rings (SSSR count). The van der Waals surface area contributed by atoms with Crippen LogP contribution in [0.1, 0.15) is 43.2 Å². The summed E-state index contributed by atoms with van der Waals surface area (Å²) in [5, 5.41) is 12.0. The molecule has 2 aromatic carbocycles. The van der Waals surface area contributed by atoms with Crippen LogP contribution in [0, 0.1) is 0 Å². The first-order valence-corrected chi connectivity index (χ1v) is 11.7. The van der Waals surface area contributed by atoms with Gasteiger partial charge in [-0.2, -0.15) is 0 Å². The van der Waals surface area contributed by atoms with Crippen molar-refractivity contribution in [1.29, 1.82) is 0 Å². The molecule has 0 spiro atoms. The second-order valence-electron chi connectivity index (χ2n) is 8.70. The molecule has 1 heterocycles. The van der Waals surface area contributed by atoms with Crippen LogP contribution >= 0.6 is 0 Å². The first kappa shape index (κ1) is 23.8. The maximum atomic E-state index is 12.8. The zero-order valence-electron chi connectivity index (χ0n) is 19.2. The maximum Gasteiger partial charge on any atom is 0.407 e. The number of hydrogen-bond acceptors (Lipinski definition) is 5. The smallest absolute Gasteiger partial charge is 0.407 e. The molecule has 1 aliphatic heterocycles. The van der Waals surface area contributed by atoms with Gasteiger partial charge < -0.3 is 24.8 Å². The van der Waals surface area contributed by atoms with Crippen molar-refractivity contribution in [3.05, 3.63) is 59.7 Å². The molecule has 8 heteroatoms. The summed E-state index contributed by atoms with van der Waals surface area (Å²) >= 11 is 0. The lowest BCUT2D eigenvalue weighted by atomic mass is 9.98. The average Bonchev–Trinajstić information content (AvgIpc) is 3.16. The fraction of sp³-hybridized carbons (Fsp3) is 0.423. The fourth-order valence-electron chi connectivity index (χ4n) is 4.75. The molecule has 2 aliphatic rings. The number of carboxylic acid groups (broad SMARTS) is 1. The number of nitrogens with one attached hydrogen (secondary N) is 1. The normalized spacial score (nSPS) is 18.0. The van der Waals surface area contributed by atoms with Crippen LogP contribution in [0.4, 0.5) is 4.79 Å². The third-order valence-electron chi connectivity index (χ3n) is 6.42. The van der Waals surface area contributed by atoms with Crippen LogP contribution in [-0.4, -0.2) is 66.4 Å². The summed E-state index contributed by atoms with van der Waals surface area (Å²) in [6, 6.07) is 15.9. The van der Waals surface area contributed by atoms with Gasteiger partial charge in [0.05, 0.1) is 13.2 Å². The van der Waals surface area contributed by atoms with E-state index in [2.05, 4.69) is 29.6 Å². The topological polar surface area (TPSA) is 105 Å². The molecule has 2 unspecified atom stereocenters. The van der Waals surface area contributed by atoms with E-state index in [0.717, 1.165) is 28.7 Å². The highest BCUT2D eigenvalue weighted by molar-refractivity contribution is 5.80. The SMILES string of the molecule is CCCC(CC(=O)N1CCOC(C(=O)O)C1)NC(=O)OCC1c2ccccc2-c2ccccc21. The minimum Gasteiger partial charge on any atom is -0.479 e. The second-order valence-corrected chi connectivity index (χ2v) is 8.70. The van der Waals surface area contributed by atoms with E-state index in [-0.39, 0.29) is 44.0 Å². The summed E-state index contributed by atoms with van der Waals surface area (Å²) in [6.45, 7) is 2.72. The Morgan fingerprint density at radius 1 is 1.12 bits per heavy atom. The van der Waals surface area contributed by atoms with Crippen LogP contribution in [0.15, 0.2) is 48.5 Å². The van der Waals surface area contributed by atoms with Crippen molar-refractivity contribution in [2.45, 2.75) is 44.2 Å². The van der Waals surface area contributed by atoms with E-state index in [9.17, 15) is 14.4 Å². The fourth-order valence-corrected chi connectivity index (χ4v) is 4.75. The van der Waals surface area contributed by atoms with Crippen molar-refractivity contribution < 1.29 is 29.0 Å². The third kappa shape index (κ3) is 5.22. The van der Waals surface area contributed by atoms with Crippen LogP contribution in [0.25, 0.3) is 11.1 Å². The van der Waals surface area contributed by atoms with E-state index in [4.69, 9.17) is 14.6 Å². The number of fused-ring (bicyclic) bond motifs is 3. The standard InChI is InChI=1S/C26H30N2O6/c1-2-7-17(14-24(29)28-12-13-33-23(15-28)25(30)31)27-26(32)34-16-22-20-10-5-3-8-18(20)19-9-4-6-11-21(19)22/h3-6,8-11,17,22-23H,2,7,12-16H2,1H3,(H,27,32)(H,30,31). The number of benzene rings is 2. The van der Waals surface area contributed by atoms with Crippen molar-refractivity contribution >= 4 is 18.0 Å². The largest absolute Gasteiger partial charge is 0.479 e. The van der Waals surface area contributed by atoms with E-state index in [1.165, 1.54) is 4.90 Å². The molecule has 0 saturated carbocycles. The number of nitrogens with zero attached hydrogens (tertiary/aromatic N) is 1. The quantitative estimate of drug-likeness (QED) is 0.618. The Labute approximate surface area is 198 Å². The van der Waals surface area contributed by atoms with Gasteiger partial charge in [-0.1, -0.05) is 61.9 Å². The van der Waals surface area contributed by atoms with Crippen LogP contribution in [0.2, 0.25) is 0 Å². The molecule has 34 heavy (non-hydrogen) atoms. The number of carboxylic acids is 1. The van der Waals surface area contributed by atoms with Gasteiger partial charge >= 0.3 is 12.1 Å². The number of aliphatic carboxylic acids is 1. The van der Waals surface area contributed by atoms with Crippen LogP contribution in [-0.2, 0) is 19.1 Å². The first-order valence-electron chi connectivity index (χ1n) is 11.7. The highest BCUT2D eigenvalue weighted by Crippen LogP contribution is 2.44. The molecule has 0 bridgehead atoms. The number of hydrogen-bond donors (Lipinski definition) is 2. The molecule has 180 valence electrons. The summed E-state index contributed by atoms with van der Waals surface area (Å²) in [5.41, 5.74) is 4.59. The predicted octanol–water partition coefficient (Wildman–Crippen LogP) is 3.40. The molecule has 2 N–H and O–H groups in total. The van der Waals surface area contributed by atoms with Crippen LogP contribution in [0.5, 0.6) is 0 Å². The number of alkyl carbamates (subject to hydrolysis) is 1. The molecule has 2 aromatic rings. The number of carbonyl (C=O) groups is 3. The minimum absolute atomic E-state index is 0.0119. The van der Waals surface area contributed by atoms with Gasteiger partial charge in [0.1, 0.15) is 6.61 Å². The predicted molar refractivity (Wildman–Crippen MR) is 125 cm³/mol. The Morgan fingerprint density at radius 2 is 1.76 bits per heavy atom. The Morgan fingerprint density at radius 3 is 2.38 bits per heavy atom. The summed E-state index contributed by atoms with van der Waals surface area (Å²) in [6.07, 6.45) is -0.0916. The van der Waals surface area contributed by atoms with Gasteiger partial charge in [0.25, 0.3) is 0 Å². The summed E-state index contributed by atoms with van der Waals surface area (Å²) in [4.78, 5) is 38.1. The molecule has 1 aliphatic carbocycles. The Hall–Kier alpha value is -3.39. The van der Waals surface area contributed by atoms with Gasteiger partial charge in [0.2, 0.25) is 5.91 Å². The van der Waals surface area contributed by atoms with Gasteiger partial charge in [-0.25, -0.2) is 9.59 Å². The molecular weight excluding hydrogens is 436 g/mol. The molecule has 8 nitrogen and oxygen atoms in total. The molecule has 2 amide bonds. The third-order valence-corrected chi connectivity index (χ3v) is 6.42. The number of morpholine rings is 1.